The summed E-state index contributed by atoms with van der Waals surface area (Å²) in [5, 5.41) is 0. The van der Waals surface area contributed by atoms with E-state index in [1.807, 2.05) is 45.0 Å². The minimum absolute atomic E-state index is 0.0389. The molecule has 0 bridgehead atoms. The summed E-state index contributed by atoms with van der Waals surface area (Å²) in [5.41, 5.74) is 5.41. The maximum atomic E-state index is 13.3. The predicted octanol–water partition coefficient (Wildman–Crippen LogP) is 4.10. The van der Waals surface area contributed by atoms with Crippen LogP contribution in [0.4, 0.5) is 5.69 Å². The molecule has 1 atom stereocenters. The average Bonchev–Trinajstić information content (AvgIpc) is 3.01. The Hall–Kier alpha value is -3.14. The third kappa shape index (κ3) is 3.15. The van der Waals surface area contributed by atoms with Crippen LogP contribution in [0.1, 0.15) is 39.5 Å². The van der Waals surface area contributed by atoms with E-state index in [1.54, 1.807) is 27.8 Å². The van der Waals surface area contributed by atoms with E-state index in [1.165, 1.54) is 0 Å². The highest BCUT2D eigenvalue weighted by Crippen LogP contribution is 2.32. The van der Waals surface area contributed by atoms with Crippen LogP contribution in [0.5, 0.6) is 0 Å². The van der Waals surface area contributed by atoms with Crippen LogP contribution in [0.2, 0.25) is 0 Å². The van der Waals surface area contributed by atoms with Gasteiger partial charge in [0.05, 0.1) is 6.54 Å². The van der Waals surface area contributed by atoms with Crippen LogP contribution < -0.4 is 10.5 Å². The summed E-state index contributed by atoms with van der Waals surface area (Å²) in [4.78, 5) is 28.1. The molecule has 1 aromatic heterocycles. The van der Waals surface area contributed by atoms with Gasteiger partial charge in [-0.3, -0.25) is 9.59 Å². The van der Waals surface area contributed by atoms with Crippen LogP contribution in [-0.4, -0.2) is 16.5 Å². The second-order valence-corrected chi connectivity index (χ2v) is 7.64. The molecule has 0 saturated heterocycles. The topological polar surface area (TPSA) is 42.3 Å². The molecule has 0 radical (unpaired) electrons. The zero-order chi connectivity index (χ0) is 19.8. The molecule has 0 N–H and O–H groups in total. The molecule has 3 aromatic rings. The summed E-state index contributed by atoms with van der Waals surface area (Å²) in [6.45, 7) is 6.56. The third-order valence-corrected chi connectivity index (χ3v) is 5.52. The molecule has 0 aliphatic carbocycles. The molecule has 2 heterocycles. The third-order valence-electron chi connectivity index (χ3n) is 5.52. The number of benzene rings is 2. The van der Waals surface area contributed by atoms with E-state index in [-0.39, 0.29) is 23.1 Å². The number of para-hydroxylation sites is 1. The van der Waals surface area contributed by atoms with Gasteiger partial charge in [-0.05, 0) is 62.1 Å². The van der Waals surface area contributed by atoms with Crippen LogP contribution in [0.15, 0.2) is 65.6 Å². The van der Waals surface area contributed by atoms with E-state index in [0.717, 1.165) is 34.4 Å². The molecular weight excluding hydrogens is 348 g/mol. The molecule has 0 fully saturated rings. The number of hydrogen-bond acceptors (Lipinski definition) is 2. The summed E-state index contributed by atoms with van der Waals surface area (Å²) in [6, 6.07) is 17.6. The normalized spacial score (nSPS) is 15.5. The van der Waals surface area contributed by atoms with E-state index in [2.05, 4.69) is 18.2 Å². The van der Waals surface area contributed by atoms with Crippen LogP contribution in [0.3, 0.4) is 0 Å². The van der Waals surface area contributed by atoms with Gasteiger partial charge in [0, 0.05) is 17.9 Å². The Bertz CT molecular complexity index is 1110. The van der Waals surface area contributed by atoms with E-state index in [4.69, 9.17) is 0 Å². The second kappa shape index (κ2) is 7.12. The van der Waals surface area contributed by atoms with Gasteiger partial charge in [0.2, 0.25) is 0 Å². The molecule has 142 valence electrons. The van der Waals surface area contributed by atoms with Crippen molar-refractivity contribution in [3.8, 4) is 0 Å². The van der Waals surface area contributed by atoms with Crippen LogP contribution in [-0.2, 0) is 13.0 Å². The molecule has 1 amide bonds. The number of hydrogen-bond donors (Lipinski definition) is 0. The number of carbonyl (C=O) groups excluding carboxylic acids is 1. The monoisotopic (exact) mass is 372 g/mol. The van der Waals surface area contributed by atoms with E-state index in [9.17, 15) is 9.59 Å². The lowest BCUT2D eigenvalue weighted by atomic mass is 10.1. The Morgan fingerprint density at radius 2 is 1.86 bits per heavy atom. The van der Waals surface area contributed by atoms with E-state index in [0.29, 0.717) is 6.54 Å². The predicted molar refractivity (Wildman–Crippen MR) is 112 cm³/mol. The first-order valence-electron chi connectivity index (χ1n) is 9.63. The molecule has 1 aliphatic rings. The Balaban J connectivity index is 1.70. The van der Waals surface area contributed by atoms with Crippen molar-refractivity contribution >= 4 is 11.6 Å². The number of carbonyl (C=O) groups is 1. The van der Waals surface area contributed by atoms with Crippen molar-refractivity contribution in [2.45, 2.75) is 39.8 Å². The molecule has 2 aromatic carbocycles. The maximum Gasteiger partial charge on any atom is 0.264 e. The number of rotatable bonds is 3. The molecule has 4 nitrogen and oxygen atoms in total. The van der Waals surface area contributed by atoms with Crippen molar-refractivity contribution in [1.82, 2.24) is 4.57 Å². The minimum atomic E-state index is -0.245. The van der Waals surface area contributed by atoms with Crippen molar-refractivity contribution in [2.75, 3.05) is 4.90 Å². The highest BCUT2D eigenvalue weighted by molar-refractivity contribution is 6.07. The number of aromatic nitrogens is 1. The molecule has 0 unspecified atom stereocenters. The Labute approximate surface area is 165 Å². The number of amides is 1. The lowest BCUT2D eigenvalue weighted by Crippen LogP contribution is -2.40. The SMILES string of the molecule is Cc1ccc(C)c(Cn2cccc(C(=O)N3c4ccccc4C[C@@H]3C)c2=O)c1. The van der Waals surface area contributed by atoms with Crippen molar-refractivity contribution < 1.29 is 4.79 Å². The molecular formula is C24H24N2O2. The summed E-state index contributed by atoms with van der Waals surface area (Å²) in [6.07, 6.45) is 2.56. The maximum absolute atomic E-state index is 13.3. The molecule has 0 saturated carbocycles. The molecule has 1 aliphatic heterocycles. The van der Waals surface area contributed by atoms with Gasteiger partial charge in [0.1, 0.15) is 5.56 Å². The molecule has 4 rings (SSSR count). The van der Waals surface area contributed by atoms with E-state index >= 15 is 0 Å². The fraction of sp³-hybridized carbons (Fsp3) is 0.250. The van der Waals surface area contributed by atoms with Crippen molar-refractivity contribution in [1.29, 1.82) is 0 Å². The molecule has 4 heteroatoms. The average molecular weight is 372 g/mol. The highest BCUT2D eigenvalue weighted by Gasteiger charge is 2.32. The minimum Gasteiger partial charge on any atom is -0.310 e. The van der Waals surface area contributed by atoms with Gasteiger partial charge in [-0.1, -0.05) is 42.0 Å². The van der Waals surface area contributed by atoms with Gasteiger partial charge in [-0.15, -0.1) is 0 Å². The summed E-state index contributed by atoms with van der Waals surface area (Å²) in [5.74, 6) is -0.224. The van der Waals surface area contributed by atoms with E-state index < -0.39 is 0 Å². The van der Waals surface area contributed by atoms with Crippen LogP contribution >= 0.6 is 0 Å². The first kappa shape index (κ1) is 18.2. The smallest absolute Gasteiger partial charge is 0.264 e. The fourth-order valence-electron chi connectivity index (χ4n) is 3.98. The van der Waals surface area contributed by atoms with Crippen molar-refractivity contribution in [2.24, 2.45) is 0 Å². The Kier molecular flexibility index (Phi) is 4.63. The number of fused-ring (bicyclic) bond motifs is 1. The van der Waals surface area contributed by atoms with Gasteiger partial charge >= 0.3 is 0 Å². The number of pyridine rings is 1. The number of nitrogens with zero attached hydrogens (tertiary/aromatic N) is 2. The molecule has 0 spiro atoms. The quantitative estimate of drug-likeness (QED) is 0.694. The second-order valence-electron chi connectivity index (χ2n) is 7.64. The van der Waals surface area contributed by atoms with Crippen molar-refractivity contribution in [3.63, 3.8) is 0 Å². The Morgan fingerprint density at radius 3 is 2.68 bits per heavy atom. The van der Waals surface area contributed by atoms with Crippen LogP contribution in [0, 0.1) is 13.8 Å². The van der Waals surface area contributed by atoms with Crippen molar-refractivity contribution in [3.05, 3.63) is 99.0 Å². The van der Waals surface area contributed by atoms with Gasteiger partial charge in [-0.25, -0.2) is 0 Å². The number of aryl methyl sites for hydroxylation is 2. The zero-order valence-electron chi connectivity index (χ0n) is 16.5. The number of anilines is 1. The largest absolute Gasteiger partial charge is 0.310 e. The van der Waals surface area contributed by atoms with Gasteiger partial charge in [0.25, 0.3) is 11.5 Å². The zero-order valence-corrected chi connectivity index (χ0v) is 16.5. The van der Waals surface area contributed by atoms with Gasteiger partial charge in [-0.2, -0.15) is 0 Å². The Morgan fingerprint density at radius 1 is 1.07 bits per heavy atom. The first-order chi connectivity index (χ1) is 13.5. The summed E-state index contributed by atoms with van der Waals surface area (Å²) >= 11 is 0. The first-order valence-corrected chi connectivity index (χ1v) is 9.63. The van der Waals surface area contributed by atoms with Gasteiger partial charge < -0.3 is 9.47 Å². The lowest BCUT2D eigenvalue weighted by molar-refractivity contribution is 0.0979. The molecule has 28 heavy (non-hydrogen) atoms. The van der Waals surface area contributed by atoms with Gasteiger partial charge in [0.15, 0.2) is 0 Å². The van der Waals surface area contributed by atoms with Crippen LogP contribution in [0.25, 0.3) is 0 Å². The standard InChI is InChI=1S/C24H24N2O2/c1-16-10-11-17(2)20(13-16)15-25-12-6-8-21(23(25)27)24(28)26-18(3)14-19-7-4-5-9-22(19)26/h4-13,18H,14-15H2,1-3H3/t18-/m0/s1. The summed E-state index contributed by atoms with van der Waals surface area (Å²) in [7, 11) is 0. The highest BCUT2D eigenvalue weighted by atomic mass is 16.2. The fourth-order valence-corrected chi connectivity index (χ4v) is 3.98. The lowest BCUT2D eigenvalue weighted by Gasteiger charge is -2.23. The summed E-state index contributed by atoms with van der Waals surface area (Å²) < 4.78 is 1.63.